The summed E-state index contributed by atoms with van der Waals surface area (Å²) in [6, 6.07) is 10.0. The molecule has 0 radical (unpaired) electrons. The van der Waals surface area contributed by atoms with Gasteiger partial charge in [0.25, 0.3) is 21.5 Å². The second-order valence-electron chi connectivity index (χ2n) is 13.1. The van der Waals surface area contributed by atoms with E-state index in [1.165, 1.54) is 48.0 Å². The Balaban J connectivity index is 1.28. The molecule has 0 fully saturated rings. The van der Waals surface area contributed by atoms with Gasteiger partial charge in [0.15, 0.2) is 0 Å². The first kappa shape index (κ1) is 37.6. The molecular formula is C35H35F2N5O9S. The third-order valence-corrected chi connectivity index (χ3v) is 9.70. The predicted molar refractivity (Wildman–Crippen MR) is 185 cm³/mol. The van der Waals surface area contributed by atoms with Gasteiger partial charge in [0, 0.05) is 42.6 Å². The van der Waals surface area contributed by atoms with E-state index in [1.54, 1.807) is 20.8 Å². The molecule has 14 nitrogen and oxygen atoms in total. The first-order valence-electron chi connectivity index (χ1n) is 15.9. The van der Waals surface area contributed by atoms with Crippen molar-refractivity contribution in [2.24, 2.45) is 12.5 Å². The van der Waals surface area contributed by atoms with Crippen molar-refractivity contribution in [3.05, 3.63) is 116 Å². The zero-order chi connectivity index (χ0) is 38.1. The molecule has 0 unspecified atom stereocenters. The molecule has 1 aromatic heterocycles. The molecule has 5 rings (SSSR count). The smallest absolute Gasteiger partial charge is 0.335 e. The van der Waals surface area contributed by atoms with Crippen molar-refractivity contribution in [1.82, 2.24) is 14.5 Å². The fourth-order valence-corrected chi connectivity index (χ4v) is 6.37. The number of hydrogen-bond acceptors (Lipinski definition) is 8. The van der Waals surface area contributed by atoms with E-state index in [0.29, 0.717) is 47.7 Å². The van der Waals surface area contributed by atoms with Crippen LogP contribution in [0.25, 0.3) is 5.69 Å². The summed E-state index contributed by atoms with van der Waals surface area (Å²) >= 11 is 0. The zero-order valence-electron chi connectivity index (χ0n) is 28.5. The Hall–Kier alpha value is -5.68. The number of carboxylic acids is 1. The molecule has 52 heavy (non-hydrogen) atoms. The number of aliphatic carboxylic acids is 1. The number of ether oxygens (including phenoxy) is 1. The molecule has 0 spiro atoms. The van der Waals surface area contributed by atoms with Gasteiger partial charge in [-0.15, -0.1) is 0 Å². The summed E-state index contributed by atoms with van der Waals surface area (Å²) in [5.74, 6) is -5.74. The number of carbonyl (C=O) groups is 3. The van der Waals surface area contributed by atoms with Gasteiger partial charge in [-0.1, -0.05) is 32.9 Å². The van der Waals surface area contributed by atoms with Crippen molar-refractivity contribution in [3.63, 3.8) is 0 Å². The van der Waals surface area contributed by atoms with Crippen LogP contribution in [0.1, 0.15) is 48.0 Å². The molecule has 17 heteroatoms. The van der Waals surface area contributed by atoms with Crippen molar-refractivity contribution in [3.8, 4) is 5.69 Å². The molecule has 2 heterocycles. The quantitative estimate of drug-likeness (QED) is 0.189. The van der Waals surface area contributed by atoms with Gasteiger partial charge in [0.2, 0.25) is 5.91 Å². The summed E-state index contributed by atoms with van der Waals surface area (Å²) in [4.78, 5) is 63.0. The van der Waals surface area contributed by atoms with Crippen LogP contribution >= 0.6 is 0 Å². The number of sulfonamides is 1. The van der Waals surface area contributed by atoms with E-state index in [4.69, 9.17) is 4.74 Å². The molecular weight excluding hydrogens is 704 g/mol. The lowest BCUT2D eigenvalue weighted by Crippen LogP contribution is -2.43. The first-order chi connectivity index (χ1) is 24.4. The topological polar surface area (TPSA) is 195 Å². The lowest BCUT2D eigenvalue weighted by atomic mass is 9.95. The predicted octanol–water partition coefficient (Wildman–Crippen LogP) is 3.10. The summed E-state index contributed by atoms with van der Waals surface area (Å²) < 4.78 is 65.6. The monoisotopic (exact) mass is 739 g/mol. The van der Waals surface area contributed by atoms with Crippen molar-refractivity contribution in [2.45, 2.75) is 51.2 Å². The van der Waals surface area contributed by atoms with Crippen molar-refractivity contribution < 1.29 is 41.4 Å². The molecule has 1 aliphatic heterocycles. The lowest BCUT2D eigenvalue weighted by Gasteiger charge is -2.20. The minimum atomic E-state index is -4.45. The van der Waals surface area contributed by atoms with Crippen LogP contribution in [0, 0.1) is 17.0 Å². The van der Waals surface area contributed by atoms with Gasteiger partial charge < -0.3 is 20.5 Å². The van der Waals surface area contributed by atoms with Crippen LogP contribution < -0.4 is 26.6 Å². The van der Waals surface area contributed by atoms with Gasteiger partial charge in [-0.3, -0.25) is 23.7 Å². The molecule has 4 N–H and O–H groups in total. The summed E-state index contributed by atoms with van der Waals surface area (Å²) in [5.41, 5.74) is -1.62. The van der Waals surface area contributed by atoms with Gasteiger partial charge in [-0.2, -0.15) is 0 Å². The van der Waals surface area contributed by atoms with E-state index in [-0.39, 0.29) is 29.5 Å². The summed E-state index contributed by atoms with van der Waals surface area (Å²) in [6.07, 6.45) is 0.0229. The fourth-order valence-electron chi connectivity index (χ4n) is 5.31. The summed E-state index contributed by atoms with van der Waals surface area (Å²) in [5, 5.41) is 14.6. The van der Waals surface area contributed by atoms with Crippen molar-refractivity contribution in [1.29, 1.82) is 0 Å². The highest BCUT2D eigenvalue weighted by molar-refractivity contribution is 7.92. The van der Waals surface area contributed by atoms with E-state index in [9.17, 15) is 37.5 Å². The van der Waals surface area contributed by atoms with Gasteiger partial charge in [-0.25, -0.2) is 31.4 Å². The largest absolute Gasteiger partial charge is 0.480 e. The zero-order valence-corrected chi connectivity index (χ0v) is 29.3. The number of carboxylic acid groups (broad SMARTS) is 1. The number of carbonyl (C=O) groups excluding carboxylic acids is 2. The van der Waals surface area contributed by atoms with E-state index in [2.05, 4.69) is 10.6 Å². The Bertz CT molecular complexity index is 2300. The highest BCUT2D eigenvalue weighted by atomic mass is 32.2. The van der Waals surface area contributed by atoms with Gasteiger partial charge in [-0.05, 0) is 48.0 Å². The Morgan fingerprint density at radius 2 is 1.63 bits per heavy atom. The Labute approximate surface area is 296 Å². The molecule has 2 amide bonds. The van der Waals surface area contributed by atoms with E-state index >= 15 is 8.78 Å². The maximum absolute atomic E-state index is 15.1. The normalized spacial score (nSPS) is 13.5. The molecule has 0 saturated carbocycles. The average Bonchev–Trinajstić information content (AvgIpc) is 3.08. The summed E-state index contributed by atoms with van der Waals surface area (Å²) in [6.45, 7) is 5.56. The number of fused-ring (bicyclic) bond motifs is 1. The number of nitrogens with one attached hydrogen (secondary N) is 3. The second-order valence-corrected chi connectivity index (χ2v) is 14.8. The molecule has 4 aromatic rings. The first-order valence-corrected chi connectivity index (χ1v) is 17.3. The molecule has 1 atom stereocenters. The molecule has 3 aromatic carbocycles. The average molecular weight is 740 g/mol. The number of halogens is 2. The van der Waals surface area contributed by atoms with Gasteiger partial charge in [0.1, 0.15) is 17.7 Å². The lowest BCUT2D eigenvalue weighted by molar-refractivity contribution is -0.139. The number of aromatic nitrogens is 2. The van der Waals surface area contributed by atoms with Crippen LogP contribution in [-0.4, -0.2) is 53.1 Å². The van der Waals surface area contributed by atoms with E-state index < -0.39 is 67.5 Å². The van der Waals surface area contributed by atoms with Crippen molar-refractivity contribution >= 4 is 39.2 Å². The molecule has 0 bridgehead atoms. The van der Waals surface area contributed by atoms with Crippen LogP contribution in [0.3, 0.4) is 0 Å². The van der Waals surface area contributed by atoms with Crippen molar-refractivity contribution in [2.75, 3.05) is 16.6 Å². The maximum atomic E-state index is 15.1. The van der Waals surface area contributed by atoms with Crippen LogP contribution in [-0.2, 0) is 50.8 Å². The Morgan fingerprint density at radius 1 is 0.981 bits per heavy atom. The van der Waals surface area contributed by atoms with Gasteiger partial charge in [0.05, 0.1) is 40.7 Å². The number of anilines is 2. The standard InChI is InChI=1S/C35H35F2N5O9S/c1-35(2,3)33(47)38-20-7-11-22(12-8-20)52(49,50)40-27-17-25(36)24(16-26(27)37)30(43)39-28(32(45)46)15-19-5-9-21(10-6-19)42-31(44)23-13-14-51-18-29(23)41(4)34(42)48/h5-12,16-17,28,40H,13-15,18H2,1-4H3,(H,38,47)(H,39,43)(H,45,46)/t28-/m0/s1. The maximum Gasteiger partial charge on any atom is 0.335 e. The summed E-state index contributed by atoms with van der Waals surface area (Å²) in [7, 11) is -2.92. The van der Waals surface area contributed by atoms with Crippen LogP contribution in [0.5, 0.6) is 0 Å². The highest BCUT2D eigenvalue weighted by Gasteiger charge is 2.27. The minimum absolute atomic E-state index is 0.134. The Morgan fingerprint density at radius 3 is 2.25 bits per heavy atom. The SMILES string of the molecule is Cn1c2c(c(=O)n(-c3ccc(C[C@H](NC(=O)c4cc(F)c(NS(=O)(=O)c5ccc(NC(=O)C(C)(C)C)cc5)cc4F)C(=O)O)cc3)c1=O)CCOC2. The minimum Gasteiger partial charge on any atom is -0.480 e. The third-order valence-electron chi connectivity index (χ3n) is 8.32. The van der Waals surface area contributed by atoms with Crippen LogP contribution in [0.2, 0.25) is 0 Å². The molecule has 0 saturated heterocycles. The fraction of sp³-hybridized carbons (Fsp3) is 0.286. The third kappa shape index (κ3) is 7.94. The van der Waals surface area contributed by atoms with E-state index in [1.807, 2.05) is 4.72 Å². The number of hydrogen-bond donors (Lipinski definition) is 4. The number of benzene rings is 3. The Kier molecular flexibility index (Phi) is 10.5. The van der Waals surface area contributed by atoms with E-state index in [0.717, 1.165) is 16.7 Å². The molecule has 274 valence electrons. The number of nitrogens with zero attached hydrogens (tertiary/aromatic N) is 2. The molecule has 0 aliphatic carbocycles. The number of amides is 2. The highest BCUT2D eigenvalue weighted by Crippen LogP contribution is 2.25. The molecule has 1 aliphatic rings. The van der Waals surface area contributed by atoms with Crippen LogP contribution in [0.15, 0.2) is 75.1 Å². The van der Waals surface area contributed by atoms with Gasteiger partial charge >= 0.3 is 11.7 Å². The van der Waals surface area contributed by atoms with Crippen LogP contribution in [0.4, 0.5) is 20.2 Å². The second kappa shape index (κ2) is 14.5. The number of rotatable bonds is 10.